The Hall–Kier alpha value is -1.10. The number of urea groups is 1. The number of hydrogen-bond acceptors (Lipinski definition) is 3. The molecule has 1 unspecified atom stereocenters. The van der Waals surface area contributed by atoms with E-state index in [1.54, 1.807) is 6.92 Å². The van der Waals surface area contributed by atoms with Crippen LogP contribution in [0.5, 0.6) is 0 Å². The van der Waals surface area contributed by atoms with Gasteiger partial charge in [-0.15, -0.1) is 0 Å². The summed E-state index contributed by atoms with van der Waals surface area (Å²) in [7, 11) is 0. The highest BCUT2D eigenvalue weighted by molar-refractivity contribution is 5.96. The van der Waals surface area contributed by atoms with Gasteiger partial charge in [-0.3, -0.25) is 10.1 Å². The molecule has 0 radical (unpaired) electrons. The summed E-state index contributed by atoms with van der Waals surface area (Å²) in [5.74, 6) is 0.474. The first-order valence-electron chi connectivity index (χ1n) is 5.87. The van der Waals surface area contributed by atoms with E-state index >= 15 is 0 Å². The van der Waals surface area contributed by atoms with Gasteiger partial charge in [-0.25, -0.2) is 4.79 Å². The van der Waals surface area contributed by atoms with Crippen molar-refractivity contribution in [2.45, 2.75) is 45.7 Å². The molecule has 1 aliphatic rings. The number of carbonyl (C=O) groups is 2. The van der Waals surface area contributed by atoms with E-state index in [4.69, 9.17) is 0 Å². The molecule has 1 rings (SSSR count). The highest BCUT2D eigenvalue weighted by Gasteiger charge is 2.28. The molecule has 0 aromatic heterocycles. The Labute approximate surface area is 96.4 Å². The maximum absolute atomic E-state index is 11.6. The minimum Gasteiger partial charge on any atom is -0.338 e. The van der Waals surface area contributed by atoms with Gasteiger partial charge in [0.25, 0.3) is 0 Å². The number of amides is 3. The molecule has 1 fully saturated rings. The normalized spacial score (nSPS) is 25.4. The lowest BCUT2D eigenvalue weighted by atomic mass is 9.81. The Morgan fingerprint density at radius 3 is 2.50 bits per heavy atom. The van der Waals surface area contributed by atoms with Crippen LogP contribution in [0.2, 0.25) is 0 Å². The lowest BCUT2D eigenvalue weighted by Crippen LogP contribution is -2.53. The smallest absolute Gasteiger partial charge is 0.321 e. The van der Waals surface area contributed by atoms with Crippen LogP contribution >= 0.6 is 0 Å². The van der Waals surface area contributed by atoms with Crippen molar-refractivity contribution in [3.05, 3.63) is 0 Å². The molecule has 0 aliphatic heterocycles. The highest BCUT2D eigenvalue weighted by Crippen LogP contribution is 2.26. The second kappa shape index (κ2) is 5.84. The molecule has 3 N–H and O–H groups in total. The molecule has 1 atom stereocenters. The van der Waals surface area contributed by atoms with Gasteiger partial charge in [0.1, 0.15) is 0 Å². The van der Waals surface area contributed by atoms with Gasteiger partial charge in [0.05, 0.1) is 6.04 Å². The molecule has 5 heteroatoms. The van der Waals surface area contributed by atoms with Crippen molar-refractivity contribution in [3.63, 3.8) is 0 Å². The van der Waals surface area contributed by atoms with Crippen LogP contribution in [0.1, 0.15) is 33.6 Å². The topological polar surface area (TPSA) is 70.2 Å². The van der Waals surface area contributed by atoms with Crippen LogP contribution in [0, 0.1) is 5.92 Å². The molecule has 0 aromatic rings. The fraction of sp³-hybridized carbons (Fsp3) is 0.818. The average molecular weight is 227 g/mol. The maximum atomic E-state index is 11.6. The SMILES string of the molecule is CCNC(=O)NC(=O)C(C)NC1CC(C)C1. The molecule has 0 spiro atoms. The van der Waals surface area contributed by atoms with Crippen LogP contribution in [-0.4, -0.2) is 30.6 Å². The molecule has 1 saturated carbocycles. The second-order valence-electron chi connectivity index (χ2n) is 4.51. The largest absolute Gasteiger partial charge is 0.338 e. The highest BCUT2D eigenvalue weighted by atomic mass is 16.2. The van der Waals surface area contributed by atoms with E-state index in [0.717, 1.165) is 18.8 Å². The summed E-state index contributed by atoms with van der Waals surface area (Å²) in [5.41, 5.74) is 0. The number of nitrogens with one attached hydrogen (secondary N) is 3. The van der Waals surface area contributed by atoms with Crippen molar-refractivity contribution in [3.8, 4) is 0 Å². The predicted octanol–water partition coefficient (Wildman–Crippen LogP) is 0.609. The number of hydrogen-bond donors (Lipinski definition) is 3. The second-order valence-corrected chi connectivity index (χ2v) is 4.51. The third-order valence-corrected chi connectivity index (χ3v) is 2.83. The summed E-state index contributed by atoms with van der Waals surface area (Å²) in [4.78, 5) is 22.7. The third kappa shape index (κ3) is 3.81. The minimum atomic E-state index is -0.428. The molecule has 16 heavy (non-hydrogen) atoms. The molecule has 0 saturated heterocycles. The Morgan fingerprint density at radius 2 is 2.00 bits per heavy atom. The van der Waals surface area contributed by atoms with E-state index in [1.807, 2.05) is 6.92 Å². The lowest BCUT2D eigenvalue weighted by molar-refractivity contribution is -0.122. The molecule has 0 aromatic carbocycles. The Bertz CT molecular complexity index is 262. The van der Waals surface area contributed by atoms with Gasteiger partial charge < -0.3 is 10.6 Å². The molecule has 92 valence electrons. The molecular formula is C11H21N3O2. The summed E-state index contributed by atoms with van der Waals surface area (Å²) in [6.07, 6.45) is 2.22. The Balaban J connectivity index is 2.22. The van der Waals surface area contributed by atoms with E-state index in [2.05, 4.69) is 22.9 Å². The van der Waals surface area contributed by atoms with Crippen molar-refractivity contribution in [1.82, 2.24) is 16.0 Å². The van der Waals surface area contributed by atoms with Crippen LogP contribution in [0.25, 0.3) is 0 Å². The summed E-state index contributed by atoms with van der Waals surface area (Å²) in [6.45, 7) is 6.29. The van der Waals surface area contributed by atoms with Gasteiger partial charge in [-0.05, 0) is 32.6 Å². The van der Waals surface area contributed by atoms with E-state index in [9.17, 15) is 9.59 Å². The maximum Gasteiger partial charge on any atom is 0.321 e. The zero-order chi connectivity index (χ0) is 12.1. The van der Waals surface area contributed by atoms with Crippen molar-refractivity contribution < 1.29 is 9.59 Å². The zero-order valence-electron chi connectivity index (χ0n) is 10.2. The van der Waals surface area contributed by atoms with E-state index < -0.39 is 6.03 Å². The van der Waals surface area contributed by atoms with Gasteiger partial charge in [0, 0.05) is 12.6 Å². The van der Waals surface area contributed by atoms with Gasteiger partial charge in [0.2, 0.25) is 5.91 Å². The van der Waals surface area contributed by atoms with Gasteiger partial charge in [0.15, 0.2) is 0 Å². The molecule has 1 aliphatic carbocycles. The van der Waals surface area contributed by atoms with Crippen molar-refractivity contribution >= 4 is 11.9 Å². The Morgan fingerprint density at radius 1 is 1.38 bits per heavy atom. The van der Waals surface area contributed by atoms with Crippen molar-refractivity contribution in [1.29, 1.82) is 0 Å². The number of imide groups is 1. The Kier molecular flexibility index (Phi) is 4.73. The summed E-state index contributed by atoms with van der Waals surface area (Å²) in [6, 6.07) is -0.326. The van der Waals surface area contributed by atoms with Crippen LogP contribution in [0.3, 0.4) is 0 Å². The fourth-order valence-electron chi connectivity index (χ4n) is 1.89. The van der Waals surface area contributed by atoms with E-state index in [-0.39, 0.29) is 11.9 Å². The fourth-order valence-corrected chi connectivity index (χ4v) is 1.89. The quantitative estimate of drug-likeness (QED) is 0.659. The lowest BCUT2D eigenvalue weighted by Gasteiger charge is -2.35. The van der Waals surface area contributed by atoms with Gasteiger partial charge in [-0.1, -0.05) is 6.92 Å². The zero-order valence-corrected chi connectivity index (χ0v) is 10.2. The minimum absolute atomic E-state index is 0.273. The summed E-state index contributed by atoms with van der Waals surface area (Å²) in [5, 5.41) is 8.02. The molecule has 0 heterocycles. The predicted molar refractivity (Wildman–Crippen MR) is 62.0 cm³/mol. The number of rotatable bonds is 4. The first-order valence-corrected chi connectivity index (χ1v) is 5.87. The van der Waals surface area contributed by atoms with E-state index in [0.29, 0.717) is 12.6 Å². The first-order chi connectivity index (χ1) is 7.52. The monoisotopic (exact) mass is 227 g/mol. The third-order valence-electron chi connectivity index (χ3n) is 2.83. The van der Waals surface area contributed by atoms with E-state index in [1.165, 1.54) is 0 Å². The van der Waals surface area contributed by atoms with Gasteiger partial charge in [-0.2, -0.15) is 0 Å². The van der Waals surface area contributed by atoms with Crippen LogP contribution in [-0.2, 0) is 4.79 Å². The number of carbonyl (C=O) groups excluding carboxylic acids is 2. The van der Waals surface area contributed by atoms with Crippen molar-refractivity contribution in [2.24, 2.45) is 5.92 Å². The van der Waals surface area contributed by atoms with Crippen molar-refractivity contribution in [2.75, 3.05) is 6.54 Å². The first kappa shape index (κ1) is 13.0. The van der Waals surface area contributed by atoms with Gasteiger partial charge >= 0.3 is 6.03 Å². The molecular weight excluding hydrogens is 206 g/mol. The van der Waals surface area contributed by atoms with Crippen LogP contribution in [0.15, 0.2) is 0 Å². The van der Waals surface area contributed by atoms with Crippen LogP contribution in [0.4, 0.5) is 4.79 Å². The molecule has 5 nitrogen and oxygen atoms in total. The standard InChI is InChI=1S/C11H21N3O2/c1-4-12-11(16)14-10(15)8(3)13-9-5-7(2)6-9/h7-9,13H,4-6H2,1-3H3,(H2,12,14,15,16). The average Bonchev–Trinajstić information content (AvgIpc) is 2.15. The van der Waals surface area contributed by atoms with Crippen LogP contribution < -0.4 is 16.0 Å². The summed E-state index contributed by atoms with van der Waals surface area (Å²) >= 11 is 0. The molecule has 3 amide bonds. The summed E-state index contributed by atoms with van der Waals surface area (Å²) < 4.78 is 0. The molecule has 0 bridgehead atoms.